The van der Waals surface area contributed by atoms with Gasteiger partial charge in [0.25, 0.3) is 0 Å². The first-order valence-electron chi connectivity index (χ1n) is 7.63. The minimum Gasteiger partial charge on any atom is -0.0654 e. The number of allylic oxidation sites excluding steroid dienone is 2. The molecule has 0 saturated carbocycles. The summed E-state index contributed by atoms with van der Waals surface area (Å²) in [7, 11) is 0. The van der Waals surface area contributed by atoms with E-state index >= 15 is 0 Å². The molecule has 0 aliphatic heterocycles. The van der Waals surface area contributed by atoms with Gasteiger partial charge in [-0.3, -0.25) is 0 Å². The second kappa shape index (κ2) is 14.5. The molecule has 20 heavy (non-hydrogen) atoms. The van der Waals surface area contributed by atoms with Crippen LogP contribution in [0.5, 0.6) is 0 Å². The fourth-order valence-electron chi connectivity index (χ4n) is 2.18. The van der Waals surface area contributed by atoms with Crippen LogP contribution in [0, 0.1) is 0 Å². The van der Waals surface area contributed by atoms with Crippen molar-refractivity contribution in [2.45, 2.75) is 78.1 Å². The fraction of sp³-hybridized carbons (Fsp3) is 0.750. The van der Waals surface area contributed by atoms with Gasteiger partial charge >= 0.3 is 0 Å². The van der Waals surface area contributed by atoms with Gasteiger partial charge in [0.2, 0.25) is 0 Å². The van der Waals surface area contributed by atoms with E-state index in [4.69, 9.17) is 0 Å². The fourth-order valence-corrected chi connectivity index (χ4v) is 4.24. The molecule has 0 atom stereocenters. The lowest BCUT2D eigenvalue weighted by Crippen LogP contribution is -1.94. The second-order valence-corrected chi connectivity index (χ2v) is 11.8. The molecule has 0 aromatic rings. The van der Waals surface area contributed by atoms with E-state index in [2.05, 4.69) is 90.9 Å². The number of rotatable bonds is 11. The topological polar surface area (TPSA) is 0 Å². The Balaban J connectivity index is 4.58. The van der Waals surface area contributed by atoms with E-state index in [-0.39, 0.29) is 0 Å². The maximum atomic E-state index is 3.71. The molecule has 0 amide bonds. The maximum Gasteiger partial charge on any atom is 0.0594 e. The molecule has 0 heterocycles. The zero-order valence-electron chi connectivity index (χ0n) is 12.6. The summed E-state index contributed by atoms with van der Waals surface area (Å²) in [5.41, 5.74) is 3.03. The summed E-state index contributed by atoms with van der Waals surface area (Å²) in [6, 6.07) is 0. The Morgan fingerprint density at radius 1 is 0.650 bits per heavy atom. The van der Waals surface area contributed by atoms with Crippen LogP contribution >= 0.6 is 77.0 Å². The van der Waals surface area contributed by atoms with Gasteiger partial charge in [-0.2, -0.15) is 0 Å². The van der Waals surface area contributed by atoms with Gasteiger partial charge in [-0.05, 0) is 114 Å². The van der Waals surface area contributed by atoms with Gasteiger partial charge in [-0.25, -0.2) is 0 Å². The van der Waals surface area contributed by atoms with Crippen LogP contribution < -0.4 is 0 Å². The molecule has 0 spiro atoms. The molecule has 0 unspecified atom stereocenters. The van der Waals surface area contributed by atoms with Gasteiger partial charge in [-0.15, -0.1) is 0 Å². The molecule has 0 bridgehead atoms. The Morgan fingerprint density at radius 3 is 1.25 bits per heavy atom. The number of halogens is 4. The SMILES string of the molecule is CCCCCCC(=C(\Br)I)/C(CCCCCC)=C(/Br)I. The first-order chi connectivity index (χ1) is 9.54. The van der Waals surface area contributed by atoms with Crippen LogP contribution in [0.3, 0.4) is 0 Å². The van der Waals surface area contributed by atoms with Crippen molar-refractivity contribution in [3.63, 3.8) is 0 Å². The Hall–Kier alpha value is 1.90. The third kappa shape index (κ3) is 10.6. The third-order valence-electron chi connectivity index (χ3n) is 3.38. The van der Waals surface area contributed by atoms with Crippen LogP contribution in [0.15, 0.2) is 16.1 Å². The summed E-state index contributed by atoms with van der Waals surface area (Å²) in [4.78, 5) is 0. The van der Waals surface area contributed by atoms with E-state index in [0.29, 0.717) is 0 Å². The molecule has 118 valence electrons. The van der Waals surface area contributed by atoms with Gasteiger partial charge in [0.15, 0.2) is 0 Å². The summed E-state index contributed by atoms with van der Waals surface area (Å²) in [6.45, 7) is 4.54. The molecule has 0 rings (SSSR count). The highest BCUT2D eigenvalue weighted by atomic mass is 127. The van der Waals surface area contributed by atoms with Gasteiger partial charge < -0.3 is 0 Å². The Morgan fingerprint density at radius 2 is 1.00 bits per heavy atom. The number of hydrogen-bond donors (Lipinski definition) is 0. The molecule has 0 N–H and O–H groups in total. The van der Waals surface area contributed by atoms with Crippen molar-refractivity contribution in [3.05, 3.63) is 16.1 Å². The van der Waals surface area contributed by atoms with Gasteiger partial charge in [-0.1, -0.05) is 52.4 Å². The summed E-state index contributed by atoms with van der Waals surface area (Å²) in [5, 5.41) is 0. The predicted octanol–water partition coefficient (Wildman–Crippen LogP) is 9.01. The largest absolute Gasteiger partial charge is 0.0654 e. The molecule has 0 saturated heterocycles. The van der Waals surface area contributed by atoms with Crippen LogP contribution in [0.1, 0.15) is 78.1 Å². The molecule has 0 aromatic heterocycles. The van der Waals surface area contributed by atoms with E-state index in [1.165, 1.54) is 80.3 Å². The first kappa shape index (κ1) is 21.9. The van der Waals surface area contributed by atoms with Gasteiger partial charge in [0, 0.05) is 0 Å². The van der Waals surface area contributed by atoms with E-state index in [1.807, 2.05) is 0 Å². The Kier molecular flexibility index (Phi) is 15.9. The second-order valence-electron chi connectivity index (χ2n) is 5.10. The summed E-state index contributed by atoms with van der Waals surface area (Å²) < 4.78 is 2.57. The molecule has 4 heteroatoms. The van der Waals surface area contributed by atoms with Crippen molar-refractivity contribution in [2.75, 3.05) is 0 Å². The van der Waals surface area contributed by atoms with Crippen LogP contribution in [0.4, 0.5) is 0 Å². The van der Waals surface area contributed by atoms with Crippen molar-refractivity contribution in [1.29, 1.82) is 0 Å². The molecule has 0 radical (unpaired) electrons. The highest BCUT2D eigenvalue weighted by Gasteiger charge is 2.12. The van der Waals surface area contributed by atoms with Gasteiger partial charge in [0.05, 0.1) is 4.98 Å². The minimum absolute atomic E-state index is 1.20. The minimum atomic E-state index is 1.20. The molecule has 0 aromatic carbocycles. The van der Waals surface area contributed by atoms with E-state index in [1.54, 1.807) is 0 Å². The zero-order valence-corrected chi connectivity index (χ0v) is 20.1. The standard InChI is InChI=1S/C16H26Br2I2/c1-3-5-7-9-11-13(15(17)19)14(16(18)20)12-10-8-6-4-2/h3-12H2,1-2H3/b15-13-,16-14-. The molecule has 0 fully saturated rings. The third-order valence-corrected chi connectivity index (χ3v) is 5.64. The molecular formula is C16H26Br2I2. The van der Waals surface area contributed by atoms with Crippen LogP contribution in [-0.2, 0) is 0 Å². The van der Waals surface area contributed by atoms with Gasteiger partial charge in [0.1, 0.15) is 0 Å². The first-order valence-corrected chi connectivity index (χ1v) is 11.4. The smallest absolute Gasteiger partial charge is 0.0594 e. The average Bonchev–Trinajstić information content (AvgIpc) is 2.39. The predicted molar refractivity (Wildman–Crippen MR) is 117 cm³/mol. The highest BCUT2D eigenvalue weighted by molar-refractivity contribution is 14.1. The zero-order chi connectivity index (χ0) is 15.4. The van der Waals surface area contributed by atoms with E-state index in [9.17, 15) is 0 Å². The molecular weight excluding hydrogens is 606 g/mol. The van der Waals surface area contributed by atoms with E-state index in [0.717, 1.165) is 0 Å². The lowest BCUT2D eigenvalue weighted by Gasteiger charge is -2.14. The normalized spacial score (nSPS) is 14.1. The molecule has 0 aliphatic carbocycles. The van der Waals surface area contributed by atoms with Crippen LogP contribution in [0.25, 0.3) is 0 Å². The van der Waals surface area contributed by atoms with Crippen molar-refractivity contribution in [2.24, 2.45) is 0 Å². The van der Waals surface area contributed by atoms with Crippen molar-refractivity contribution in [1.82, 2.24) is 0 Å². The Labute approximate surface area is 169 Å². The maximum absolute atomic E-state index is 3.71. The lowest BCUT2D eigenvalue weighted by molar-refractivity contribution is 0.649. The van der Waals surface area contributed by atoms with Crippen molar-refractivity contribution in [3.8, 4) is 0 Å². The van der Waals surface area contributed by atoms with E-state index < -0.39 is 0 Å². The average molecular weight is 632 g/mol. The van der Waals surface area contributed by atoms with Crippen LogP contribution in [-0.4, -0.2) is 0 Å². The summed E-state index contributed by atoms with van der Waals surface area (Å²) in [5.74, 6) is 0. The van der Waals surface area contributed by atoms with Crippen LogP contribution in [0.2, 0.25) is 0 Å². The van der Waals surface area contributed by atoms with Crippen molar-refractivity contribution < 1.29 is 0 Å². The quantitative estimate of drug-likeness (QED) is 0.121. The monoisotopic (exact) mass is 630 g/mol. The lowest BCUT2D eigenvalue weighted by atomic mass is 9.97. The van der Waals surface area contributed by atoms with Crippen molar-refractivity contribution >= 4 is 77.0 Å². The molecule has 0 aliphatic rings. The summed E-state index contributed by atoms with van der Waals surface area (Å²) in [6.07, 6.45) is 13.0. The molecule has 0 nitrogen and oxygen atoms in total. The highest BCUT2D eigenvalue weighted by Crippen LogP contribution is 2.37. The Bertz CT molecular complexity index is 282. The summed E-state index contributed by atoms with van der Waals surface area (Å²) >= 11 is 12.3. The number of hydrogen-bond acceptors (Lipinski definition) is 0. The number of unbranched alkanes of at least 4 members (excludes halogenated alkanes) is 6.